The number of aromatic nitrogens is 3. The highest BCUT2D eigenvalue weighted by Gasteiger charge is 2.46. The largest absolute Gasteiger partial charge is 0.208 e. The number of rotatable bonds is 7. The molecule has 11 aromatic rings. The van der Waals surface area contributed by atoms with Crippen LogP contribution >= 0.6 is 11.3 Å². The monoisotopic (exact) mass is 807 g/mol. The lowest BCUT2D eigenvalue weighted by Crippen LogP contribution is -2.28. The smallest absolute Gasteiger partial charge is 0.164 e. The highest BCUT2D eigenvalue weighted by Crippen LogP contribution is 2.56. The molecule has 2 aromatic heterocycles. The van der Waals surface area contributed by atoms with Crippen molar-refractivity contribution in [2.45, 2.75) is 5.41 Å². The Hall–Kier alpha value is -7.79. The van der Waals surface area contributed by atoms with E-state index >= 15 is 0 Å². The molecule has 1 aliphatic carbocycles. The van der Waals surface area contributed by atoms with Gasteiger partial charge in [-0.3, -0.25) is 0 Å². The molecule has 0 aliphatic heterocycles. The molecule has 0 spiro atoms. The highest BCUT2D eigenvalue weighted by atomic mass is 32.1. The maximum Gasteiger partial charge on any atom is 0.164 e. The van der Waals surface area contributed by atoms with Gasteiger partial charge in [0, 0.05) is 36.9 Å². The van der Waals surface area contributed by atoms with Crippen molar-refractivity contribution < 1.29 is 0 Å². The average Bonchev–Trinajstić information content (AvgIpc) is 3.88. The highest BCUT2D eigenvalue weighted by molar-refractivity contribution is 7.25. The van der Waals surface area contributed by atoms with Crippen LogP contribution in [0.2, 0.25) is 0 Å². The first-order chi connectivity index (χ1) is 30.7. The summed E-state index contributed by atoms with van der Waals surface area (Å²) < 4.78 is 2.63. The molecule has 0 radical (unpaired) electrons. The van der Waals surface area contributed by atoms with E-state index in [1.165, 1.54) is 64.7 Å². The van der Waals surface area contributed by atoms with Crippen LogP contribution in [0.1, 0.15) is 22.3 Å². The molecule has 62 heavy (non-hydrogen) atoms. The van der Waals surface area contributed by atoms with E-state index in [1.54, 1.807) is 0 Å². The quantitative estimate of drug-likeness (QED) is 0.161. The minimum Gasteiger partial charge on any atom is -0.208 e. The number of fused-ring (bicyclic) bond motifs is 6. The zero-order valence-corrected chi connectivity index (χ0v) is 34.4. The summed E-state index contributed by atoms with van der Waals surface area (Å²) in [5.41, 5.74) is 14.8. The molecular weight excluding hydrogens is 771 g/mol. The lowest BCUT2D eigenvalue weighted by Gasteiger charge is -2.34. The minimum absolute atomic E-state index is 0.470. The van der Waals surface area contributed by atoms with Crippen molar-refractivity contribution in [1.29, 1.82) is 0 Å². The Balaban J connectivity index is 0.911. The maximum absolute atomic E-state index is 4.94. The van der Waals surface area contributed by atoms with Crippen LogP contribution in [-0.4, -0.2) is 15.0 Å². The van der Waals surface area contributed by atoms with Gasteiger partial charge in [0.1, 0.15) is 0 Å². The zero-order chi connectivity index (χ0) is 41.0. The van der Waals surface area contributed by atoms with Crippen LogP contribution in [0.3, 0.4) is 0 Å². The topological polar surface area (TPSA) is 38.7 Å². The van der Waals surface area contributed by atoms with Gasteiger partial charge in [0.15, 0.2) is 17.5 Å². The number of thiophene rings is 1. The second-order valence-corrected chi connectivity index (χ2v) is 17.0. The van der Waals surface area contributed by atoms with E-state index in [0.29, 0.717) is 17.5 Å². The Morgan fingerprint density at radius 2 is 0.726 bits per heavy atom. The van der Waals surface area contributed by atoms with Gasteiger partial charge in [-0.25, -0.2) is 15.0 Å². The predicted octanol–water partition coefficient (Wildman–Crippen LogP) is 14.9. The Morgan fingerprint density at radius 3 is 1.32 bits per heavy atom. The van der Waals surface area contributed by atoms with Crippen molar-refractivity contribution in [3.05, 3.63) is 247 Å². The van der Waals surface area contributed by atoms with Gasteiger partial charge in [0.05, 0.1) is 5.41 Å². The molecule has 9 aromatic carbocycles. The number of nitrogens with zero attached hydrogens (tertiary/aromatic N) is 3. The molecule has 1 aliphatic rings. The van der Waals surface area contributed by atoms with Gasteiger partial charge in [-0.1, -0.05) is 206 Å². The maximum atomic E-state index is 4.94. The summed E-state index contributed by atoms with van der Waals surface area (Å²) in [6.45, 7) is 0. The summed E-state index contributed by atoms with van der Waals surface area (Å²) in [5.74, 6) is 1.95. The van der Waals surface area contributed by atoms with E-state index in [-0.39, 0.29) is 0 Å². The first-order valence-electron chi connectivity index (χ1n) is 21.0. The SMILES string of the molecule is c1ccc(-c2nc(-c3ccccc3)nc(-c3ccc(-c4cccc(-c5ccc(C6(c7ccc8c(c7)sc7ccccc78)c7ccccc7-c7ccccc76)cc5)c4)cc3)n2)cc1. The van der Waals surface area contributed by atoms with E-state index < -0.39 is 5.41 Å². The molecule has 3 nitrogen and oxygen atoms in total. The number of hydrogen-bond donors (Lipinski definition) is 0. The van der Waals surface area contributed by atoms with Crippen molar-refractivity contribution in [2.75, 3.05) is 0 Å². The molecule has 0 saturated carbocycles. The van der Waals surface area contributed by atoms with Crippen LogP contribution in [-0.2, 0) is 5.41 Å². The fourth-order valence-corrected chi connectivity index (χ4v) is 10.7. The second kappa shape index (κ2) is 14.7. The van der Waals surface area contributed by atoms with Crippen molar-refractivity contribution in [3.63, 3.8) is 0 Å². The van der Waals surface area contributed by atoms with Gasteiger partial charge in [0.25, 0.3) is 0 Å². The van der Waals surface area contributed by atoms with E-state index in [0.717, 1.165) is 27.8 Å². The Morgan fingerprint density at radius 1 is 0.290 bits per heavy atom. The molecule has 0 unspecified atom stereocenters. The van der Waals surface area contributed by atoms with Crippen molar-refractivity contribution >= 4 is 31.5 Å². The number of hydrogen-bond acceptors (Lipinski definition) is 4. The summed E-state index contributed by atoms with van der Waals surface area (Å²) in [6.07, 6.45) is 0. The molecule has 12 rings (SSSR count). The third-order valence-corrected chi connectivity index (χ3v) is 13.6. The fourth-order valence-electron chi connectivity index (χ4n) is 9.52. The molecule has 0 N–H and O–H groups in total. The Bertz CT molecular complexity index is 3340. The van der Waals surface area contributed by atoms with Crippen LogP contribution < -0.4 is 0 Å². The third-order valence-electron chi connectivity index (χ3n) is 12.5. The van der Waals surface area contributed by atoms with Crippen LogP contribution in [0.25, 0.3) is 87.7 Å². The Kier molecular flexibility index (Phi) is 8.58. The van der Waals surface area contributed by atoms with E-state index in [1.807, 2.05) is 72.0 Å². The molecular formula is C58H37N3S. The first kappa shape index (κ1) is 36.1. The second-order valence-electron chi connectivity index (χ2n) is 15.9. The molecule has 0 atom stereocenters. The minimum atomic E-state index is -0.470. The average molecular weight is 808 g/mol. The van der Waals surface area contributed by atoms with Crippen molar-refractivity contribution in [1.82, 2.24) is 15.0 Å². The summed E-state index contributed by atoms with van der Waals surface area (Å²) in [7, 11) is 0. The lowest BCUT2D eigenvalue weighted by atomic mass is 9.67. The van der Waals surface area contributed by atoms with Gasteiger partial charge in [-0.15, -0.1) is 11.3 Å². The van der Waals surface area contributed by atoms with Gasteiger partial charge in [-0.05, 0) is 73.8 Å². The predicted molar refractivity (Wildman–Crippen MR) is 257 cm³/mol. The van der Waals surface area contributed by atoms with E-state index in [4.69, 9.17) is 15.0 Å². The zero-order valence-electron chi connectivity index (χ0n) is 33.6. The van der Waals surface area contributed by atoms with Crippen LogP contribution in [0, 0.1) is 0 Å². The molecule has 2 heterocycles. The van der Waals surface area contributed by atoms with Crippen molar-refractivity contribution in [2.24, 2.45) is 0 Å². The first-order valence-corrected chi connectivity index (χ1v) is 21.8. The van der Waals surface area contributed by atoms with E-state index in [9.17, 15) is 0 Å². The normalized spacial score (nSPS) is 12.6. The summed E-state index contributed by atoms with van der Waals surface area (Å²) >= 11 is 1.88. The van der Waals surface area contributed by atoms with Crippen LogP contribution in [0.15, 0.2) is 224 Å². The molecule has 4 heteroatoms. The summed E-state index contributed by atoms with van der Waals surface area (Å²) in [6, 6.07) is 80.8. The summed E-state index contributed by atoms with van der Waals surface area (Å²) in [5, 5.41) is 2.63. The lowest BCUT2D eigenvalue weighted by molar-refractivity contribution is 0.770. The van der Waals surface area contributed by atoms with Crippen LogP contribution in [0.4, 0.5) is 0 Å². The number of benzene rings is 9. The fraction of sp³-hybridized carbons (Fsp3) is 0.0172. The van der Waals surface area contributed by atoms with Gasteiger partial charge in [-0.2, -0.15) is 0 Å². The van der Waals surface area contributed by atoms with E-state index in [2.05, 4.69) is 164 Å². The van der Waals surface area contributed by atoms with Crippen molar-refractivity contribution in [3.8, 4) is 67.5 Å². The van der Waals surface area contributed by atoms with Gasteiger partial charge < -0.3 is 0 Å². The van der Waals surface area contributed by atoms with Gasteiger partial charge >= 0.3 is 0 Å². The van der Waals surface area contributed by atoms with Gasteiger partial charge in [0.2, 0.25) is 0 Å². The molecule has 0 bridgehead atoms. The molecule has 290 valence electrons. The molecule has 0 saturated heterocycles. The summed E-state index contributed by atoms with van der Waals surface area (Å²) in [4.78, 5) is 14.7. The molecule has 0 fully saturated rings. The Labute approximate surface area is 364 Å². The van der Waals surface area contributed by atoms with Crippen LogP contribution in [0.5, 0.6) is 0 Å². The third kappa shape index (κ3) is 5.91. The molecule has 0 amide bonds. The standard InChI is InChI=1S/C58H37N3S/c1-3-14-40(15-4-1)55-59-56(41-16-5-2-6-17-41)61-57(60-55)42-28-26-38(27-29-42)43-18-13-19-44(36-43)39-30-32-45(33-31-39)58(51-23-10-7-20-47(51)48-21-8-11-24-52(48)58)46-34-35-50-49-22-9-12-25-53(49)62-54(50)37-46/h1-37H.